The lowest BCUT2D eigenvalue weighted by Crippen LogP contribution is -2.26. The summed E-state index contributed by atoms with van der Waals surface area (Å²) in [6.07, 6.45) is -0.432. The topological polar surface area (TPSA) is 47.6 Å². The standard InChI is InChI=1S/C11H15NO3/c1-8(12-11(13)15-3)9-4-6-10(14-2)7-5-9/h4-8H,1-3H3,(H,12,13). The summed E-state index contributed by atoms with van der Waals surface area (Å²) < 4.78 is 9.55. The van der Waals surface area contributed by atoms with Gasteiger partial charge >= 0.3 is 6.09 Å². The molecule has 1 N–H and O–H groups in total. The lowest BCUT2D eigenvalue weighted by Gasteiger charge is -2.13. The smallest absolute Gasteiger partial charge is 0.407 e. The minimum absolute atomic E-state index is 0.0802. The molecule has 0 bridgehead atoms. The van der Waals surface area contributed by atoms with Crippen LogP contribution in [0.5, 0.6) is 5.75 Å². The van der Waals surface area contributed by atoms with Crippen molar-refractivity contribution < 1.29 is 14.3 Å². The molecule has 0 radical (unpaired) electrons. The quantitative estimate of drug-likeness (QED) is 0.829. The predicted molar refractivity (Wildman–Crippen MR) is 56.9 cm³/mol. The second-order valence-electron chi connectivity index (χ2n) is 3.13. The summed E-state index contributed by atoms with van der Waals surface area (Å²) in [5.74, 6) is 0.795. The summed E-state index contributed by atoms with van der Waals surface area (Å²) in [4.78, 5) is 11.0. The Morgan fingerprint density at radius 2 is 1.87 bits per heavy atom. The third-order valence-corrected chi connectivity index (χ3v) is 2.14. The minimum Gasteiger partial charge on any atom is -0.497 e. The number of carbonyl (C=O) groups is 1. The second-order valence-corrected chi connectivity index (χ2v) is 3.13. The van der Waals surface area contributed by atoms with Crippen molar-refractivity contribution >= 4 is 6.09 Å². The van der Waals surface area contributed by atoms with Gasteiger partial charge in [0.1, 0.15) is 5.75 Å². The fraction of sp³-hybridized carbons (Fsp3) is 0.364. The molecule has 0 saturated carbocycles. The number of alkyl carbamates (subject to hydrolysis) is 1. The van der Waals surface area contributed by atoms with Crippen molar-refractivity contribution in [3.05, 3.63) is 29.8 Å². The number of amides is 1. The molecule has 0 aromatic heterocycles. The van der Waals surface area contributed by atoms with Gasteiger partial charge in [0.05, 0.1) is 20.3 Å². The maximum Gasteiger partial charge on any atom is 0.407 e. The molecule has 1 rings (SSSR count). The van der Waals surface area contributed by atoms with Crippen LogP contribution in [0.2, 0.25) is 0 Å². The van der Waals surface area contributed by atoms with Crippen molar-refractivity contribution in [2.24, 2.45) is 0 Å². The normalized spacial score (nSPS) is 11.7. The molecule has 1 unspecified atom stereocenters. The Hall–Kier alpha value is -1.71. The first-order valence-electron chi connectivity index (χ1n) is 4.65. The molecule has 4 heteroatoms. The molecule has 82 valence electrons. The van der Waals surface area contributed by atoms with E-state index in [4.69, 9.17) is 4.74 Å². The molecule has 0 spiro atoms. The molecule has 15 heavy (non-hydrogen) atoms. The van der Waals surface area contributed by atoms with Crippen LogP contribution in [0.4, 0.5) is 4.79 Å². The van der Waals surface area contributed by atoms with Gasteiger partial charge in [0, 0.05) is 0 Å². The lowest BCUT2D eigenvalue weighted by atomic mass is 10.1. The van der Waals surface area contributed by atoms with Crippen LogP contribution in [0.25, 0.3) is 0 Å². The Morgan fingerprint density at radius 1 is 1.27 bits per heavy atom. The van der Waals surface area contributed by atoms with E-state index in [0.29, 0.717) is 0 Å². The van der Waals surface area contributed by atoms with Crippen molar-refractivity contribution in [1.29, 1.82) is 0 Å². The Balaban J connectivity index is 2.65. The van der Waals surface area contributed by atoms with Crippen molar-refractivity contribution in [3.63, 3.8) is 0 Å². The molecule has 0 aliphatic heterocycles. The van der Waals surface area contributed by atoms with Gasteiger partial charge < -0.3 is 14.8 Å². The second kappa shape index (κ2) is 5.24. The summed E-state index contributed by atoms with van der Waals surface area (Å²) in [5, 5.41) is 2.68. The van der Waals surface area contributed by atoms with Crippen LogP contribution in [0.3, 0.4) is 0 Å². The Morgan fingerprint density at radius 3 is 2.33 bits per heavy atom. The molecule has 0 heterocycles. The number of nitrogens with one attached hydrogen (secondary N) is 1. The molecule has 1 atom stereocenters. The van der Waals surface area contributed by atoms with E-state index in [1.54, 1.807) is 7.11 Å². The van der Waals surface area contributed by atoms with E-state index in [2.05, 4.69) is 10.1 Å². The molecule has 1 aromatic carbocycles. The molecular weight excluding hydrogens is 194 g/mol. The van der Waals surface area contributed by atoms with Crippen molar-refractivity contribution in [3.8, 4) is 5.75 Å². The van der Waals surface area contributed by atoms with Crippen LogP contribution >= 0.6 is 0 Å². The van der Waals surface area contributed by atoms with E-state index in [1.807, 2.05) is 31.2 Å². The summed E-state index contributed by atoms with van der Waals surface area (Å²) in [7, 11) is 2.96. The summed E-state index contributed by atoms with van der Waals surface area (Å²) in [6, 6.07) is 7.43. The summed E-state index contributed by atoms with van der Waals surface area (Å²) in [5.41, 5.74) is 1.00. The maximum absolute atomic E-state index is 11.0. The van der Waals surface area contributed by atoms with E-state index in [0.717, 1.165) is 11.3 Å². The summed E-state index contributed by atoms with van der Waals surface area (Å²) >= 11 is 0. The monoisotopic (exact) mass is 209 g/mol. The fourth-order valence-corrected chi connectivity index (χ4v) is 1.21. The van der Waals surface area contributed by atoms with Gasteiger partial charge in [0.15, 0.2) is 0 Å². The fourth-order valence-electron chi connectivity index (χ4n) is 1.21. The third kappa shape index (κ3) is 3.16. The van der Waals surface area contributed by atoms with Crippen LogP contribution in [0.1, 0.15) is 18.5 Å². The highest BCUT2D eigenvalue weighted by molar-refractivity contribution is 5.67. The molecule has 0 aliphatic carbocycles. The number of methoxy groups -OCH3 is 2. The highest BCUT2D eigenvalue weighted by Gasteiger charge is 2.08. The maximum atomic E-state index is 11.0. The van der Waals surface area contributed by atoms with Crippen LogP contribution in [-0.4, -0.2) is 20.3 Å². The van der Waals surface area contributed by atoms with E-state index >= 15 is 0 Å². The SMILES string of the molecule is COC(=O)NC(C)c1ccc(OC)cc1. The molecule has 0 fully saturated rings. The Labute approximate surface area is 89.2 Å². The largest absolute Gasteiger partial charge is 0.497 e. The third-order valence-electron chi connectivity index (χ3n) is 2.14. The molecule has 1 aromatic rings. The first-order valence-corrected chi connectivity index (χ1v) is 4.65. The first-order chi connectivity index (χ1) is 7.17. The zero-order chi connectivity index (χ0) is 11.3. The Bertz CT molecular complexity index is 321. The highest BCUT2D eigenvalue weighted by atomic mass is 16.5. The molecule has 1 amide bonds. The van der Waals surface area contributed by atoms with Gasteiger partial charge in [-0.15, -0.1) is 0 Å². The highest BCUT2D eigenvalue weighted by Crippen LogP contribution is 2.17. The van der Waals surface area contributed by atoms with Crippen molar-refractivity contribution in [2.75, 3.05) is 14.2 Å². The lowest BCUT2D eigenvalue weighted by molar-refractivity contribution is 0.167. The zero-order valence-electron chi connectivity index (χ0n) is 9.11. The number of hydrogen-bond donors (Lipinski definition) is 1. The Kier molecular flexibility index (Phi) is 3.97. The van der Waals surface area contributed by atoms with Gasteiger partial charge in [0.2, 0.25) is 0 Å². The van der Waals surface area contributed by atoms with Gasteiger partial charge in [0.25, 0.3) is 0 Å². The van der Waals surface area contributed by atoms with Crippen LogP contribution in [0.15, 0.2) is 24.3 Å². The molecular formula is C11H15NO3. The van der Waals surface area contributed by atoms with Gasteiger partial charge in [-0.3, -0.25) is 0 Å². The van der Waals surface area contributed by atoms with Crippen molar-refractivity contribution in [2.45, 2.75) is 13.0 Å². The van der Waals surface area contributed by atoms with Crippen LogP contribution in [0, 0.1) is 0 Å². The number of carbonyl (C=O) groups excluding carboxylic acids is 1. The number of hydrogen-bond acceptors (Lipinski definition) is 3. The van der Waals surface area contributed by atoms with E-state index in [-0.39, 0.29) is 6.04 Å². The molecule has 4 nitrogen and oxygen atoms in total. The van der Waals surface area contributed by atoms with Crippen molar-refractivity contribution in [1.82, 2.24) is 5.32 Å². The molecule has 0 aliphatic rings. The minimum atomic E-state index is -0.432. The van der Waals surface area contributed by atoms with Gasteiger partial charge in [-0.25, -0.2) is 4.79 Å². The average Bonchev–Trinajstić information content (AvgIpc) is 2.29. The van der Waals surface area contributed by atoms with Gasteiger partial charge in [-0.2, -0.15) is 0 Å². The van der Waals surface area contributed by atoms with Crippen LogP contribution < -0.4 is 10.1 Å². The average molecular weight is 209 g/mol. The van der Waals surface area contributed by atoms with E-state index in [9.17, 15) is 4.79 Å². The van der Waals surface area contributed by atoms with Gasteiger partial charge in [-0.05, 0) is 24.6 Å². The number of ether oxygens (including phenoxy) is 2. The van der Waals surface area contributed by atoms with E-state index < -0.39 is 6.09 Å². The van der Waals surface area contributed by atoms with Crippen LogP contribution in [-0.2, 0) is 4.74 Å². The summed E-state index contributed by atoms with van der Waals surface area (Å²) in [6.45, 7) is 1.89. The zero-order valence-corrected chi connectivity index (χ0v) is 9.11. The molecule has 0 saturated heterocycles. The predicted octanol–water partition coefficient (Wildman–Crippen LogP) is 2.11. The van der Waals surface area contributed by atoms with E-state index in [1.165, 1.54) is 7.11 Å². The number of rotatable bonds is 3. The first kappa shape index (κ1) is 11.4. The van der Waals surface area contributed by atoms with Gasteiger partial charge in [-0.1, -0.05) is 12.1 Å². The number of benzene rings is 1.